The van der Waals surface area contributed by atoms with Crippen LogP contribution < -0.4 is 0 Å². The number of benzene rings is 2. The van der Waals surface area contributed by atoms with Gasteiger partial charge in [-0.2, -0.15) is 0 Å². The van der Waals surface area contributed by atoms with E-state index in [0.29, 0.717) is 5.92 Å². The Hall–Kier alpha value is -2.16. The van der Waals surface area contributed by atoms with E-state index in [4.69, 9.17) is 0 Å². The van der Waals surface area contributed by atoms with Gasteiger partial charge in [0.05, 0.1) is 11.2 Å². The van der Waals surface area contributed by atoms with Gasteiger partial charge in [-0.05, 0) is 49.1 Å². The molecule has 3 heteroatoms. The van der Waals surface area contributed by atoms with E-state index in [1.165, 1.54) is 11.1 Å². The number of fused-ring (bicyclic) bond motifs is 1. The molecule has 0 saturated carbocycles. The minimum absolute atomic E-state index is 0.559. The number of hydrogen-bond donors (Lipinski definition) is 0. The third kappa shape index (κ3) is 2.20. The minimum Gasteiger partial charge on any atom is -0.213 e. The highest BCUT2D eigenvalue weighted by molar-refractivity contribution is 5.77. The van der Waals surface area contributed by atoms with Crippen LogP contribution in [0.2, 0.25) is 0 Å². The molecule has 3 rings (SSSR count). The van der Waals surface area contributed by atoms with Gasteiger partial charge in [0, 0.05) is 0 Å². The van der Waals surface area contributed by atoms with Gasteiger partial charge in [0.15, 0.2) is 0 Å². The van der Waals surface area contributed by atoms with Gasteiger partial charge in [-0.3, -0.25) is 0 Å². The van der Waals surface area contributed by atoms with Crippen LogP contribution in [0.1, 0.15) is 37.3 Å². The SMILES string of the molecule is CCC(C)c1ccc2c(c1)nnn2-c1ccc(C)cc1. The van der Waals surface area contributed by atoms with Crippen molar-refractivity contribution in [2.45, 2.75) is 33.1 Å². The molecule has 102 valence electrons. The zero-order valence-corrected chi connectivity index (χ0v) is 12.2. The van der Waals surface area contributed by atoms with Crippen LogP contribution in [0.15, 0.2) is 42.5 Å². The highest BCUT2D eigenvalue weighted by Gasteiger charge is 2.09. The standard InChI is InChI=1S/C17H19N3/c1-4-13(3)14-7-10-17-16(11-14)18-19-20(17)15-8-5-12(2)6-9-15/h5-11,13H,4H2,1-3H3. The molecule has 0 fully saturated rings. The molecule has 1 atom stereocenters. The Morgan fingerprint density at radius 1 is 1.10 bits per heavy atom. The molecule has 0 aliphatic heterocycles. The Bertz CT molecular complexity index is 726. The van der Waals surface area contributed by atoms with E-state index in [1.54, 1.807) is 0 Å². The lowest BCUT2D eigenvalue weighted by atomic mass is 9.98. The van der Waals surface area contributed by atoms with E-state index in [1.807, 2.05) is 4.68 Å². The maximum atomic E-state index is 4.31. The molecule has 0 radical (unpaired) electrons. The number of hydrogen-bond acceptors (Lipinski definition) is 2. The van der Waals surface area contributed by atoms with Crippen molar-refractivity contribution >= 4 is 11.0 Å². The second-order valence-corrected chi connectivity index (χ2v) is 5.39. The van der Waals surface area contributed by atoms with Crippen molar-refractivity contribution in [1.82, 2.24) is 15.0 Å². The molecule has 0 aliphatic carbocycles. The van der Waals surface area contributed by atoms with Crippen LogP contribution >= 0.6 is 0 Å². The Morgan fingerprint density at radius 2 is 1.85 bits per heavy atom. The van der Waals surface area contributed by atoms with Crippen molar-refractivity contribution in [1.29, 1.82) is 0 Å². The second-order valence-electron chi connectivity index (χ2n) is 5.39. The van der Waals surface area contributed by atoms with Crippen molar-refractivity contribution in [2.75, 3.05) is 0 Å². The molecule has 2 aromatic carbocycles. The second kappa shape index (κ2) is 5.08. The monoisotopic (exact) mass is 265 g/mol. The largest absolute Gasteiger partial charge is 0.213 e. The fourth-order valence-electron chi connectivity index (χ4n) is 2.36. The van der Waals surface area contributed by atoms with Crippen molar-refractivity contribution in [3.05, 3.63) is 53.6 Å². The fourth-order valence-corrected chi connectivity index (χ4v) is 2.36. The predicted octanol–water partition coefficient (Wildman–Crippen LogP) is 4.24. The van der Waals surface area contributed by atoms with Gasteiger partial charge in [0.25, 0.3) is 0 Å². The Morgan fingerprint density at radius 3 is 2.55 bits per heavy atom. The molecule has 1 aromatic heterocycles. The molecule has 0 bridgehead atoms. The van der Waals surface area contributed by atoms with Crippen LogP contribution in [0, 0.1) is 6.92 Å². The van der Waals surface area contributed by atoms with E-state index >= 15 is 0 Å². The van der Waals surface area contributed by atoms with E-state index < -0.39 is 0 Å². The first kappa shape index (κ1) is 12.9. The molecule has 1 unspecified atom stereocenters. The first-order valence-electron chi connectivity index (χ1n) is 7.11. The van der Waals surface area contributed by atoms with Crippen LogP contribution in [-0.4, -0.2) is 15.0 Å². The van der Waals surface area contributed by atoms with Gasteiger partial charge in [0.2, 0.25) is 0 Å². The average molecular weight is 265 g/mol. The summed E-state index contributed by atoms with van der Waals surface area (Å²) in [7, 11) is 0. The molecule has 0 aliphatic rings. The summed E-state index contributed by atoms with van der Waals surface area (Å²) in [6.07, 6.45) is 1.14. The molecule has 3 nitrogen and oxygen atoms in total. The lowest BCUT2D eigenvalue weighted by Crippen LogP contribution is -1.96. The number of aryl methyl sites for hydroxylation is 1. The van der Waals surface area contributed by atoms with Crippen LogP contribution in [0.25, 0.3) is 16.7 Å². The molecular weight excluding hydrogens is 246 g/mol. The molecule has 20 heavy (non-hydrogen) atoms. The maximum absolute atomic E-state index is 4.31. The third-order valence-corrected chi connectivity index (χ3v) is 3.93. The Balaban J connectivity index is 2.08. The van der Waals surface area contributed by atoms with Crippen molar-refractivity contribution in [3.8, 4) is 5.69 Å². The summed E-state index contributed by atoms with van der Waals surface area (Å²) in [6.45, 7) is 6.53. The van der Waals surface area contributed by atoms with Gasteiger partial charge in [-0.1, -0.05) is 42.8 Å². The predicted molar refractivity (Wildman–Crippen MR) is 82.3 cm³/mol. The highest BCUT2D eigenvalue weighted by Crippen LogP contribution is 2.23. The van der Waals surface area contributed by atoms with Crippen LogP contribution in [0.5, 0.6) is 0 Å². The quantitative estimate of drug-likeness (QED) is 0.709. The molecule has 0 saturated heterocycles. The summed E-state index contributed by atoms with van der Waals surface area (Å²) in [4.78, 5) is 0. The van der Waals surface area contributed by atoms with E-state index in [9.17, 15) is 0 Å². The van der Waals surface area contributed by atoms with Gasteiger partial charge in [-0.25, -0.2) is 4.68 Å². The van der Waals surface area contributed by atoms with Crippen LogP contribution in [0.4, 0.5) is 0 Å². The number of rotatable bonds is 3. The zero-order chi connectivity index (χ0) is 14.1. The lowest BCUT2D eigenvalue weighted by molar-refractivity contribution is 0.734. The molecule has 0 N–H and O–H groups in total. The van der Waals surface area contributed by atoms with Crippen LogP contribution in [0.3, 0.4) is 0 Å². The minimum atomic E-state index is 0.559. The Labute approximate surface area is 119 Å². The smallest absolute Gasteiger partial charge is 0.113 e. The lowest BCUT2D eigenvalue weighted by Gasteiger charge is -2.08. The van der Waals surface area contributed by atoms with Crippen molar-refractivity contribution in [3.63, 3.8) is 0 Å². The third-order valence-electron chi connectivity index (χ3n) is 3.93. The first-order chi connectivity index (χ1) is 9.69. The fraction of sp³-hybridized carbons (Fsp3) is 0.294. The van der Waals surface area contributed by atoms with Gasteiger partial charge in [0.1, 0.15) is 5.52 Å². The summed E-state index contributed by atoms with van der Waals surface area (Å²) >= 11 is 0. The molecule has 1 heterocycles. The zero-order valence-electron chi connectivity index (χ0n) is 12.2. The summed E-state index contributed by atoms with van der Waals surface area (Å²) in [5.74, 6) is 0.559. The van der Waals surface area contributed by atoms with Crippen molar-refractivity contribution in [2.24, 2.45) is 0 Å². The Kier molecular flexibility index (Phi) is 3.26. The summed E-state index contributed by atoms with van der Waals surface area (Å²) in [5, 5.41) is 8.60. The van der Waals surface area contributed by atoms with Gasteiger partial charge in [-0.15, -0.1) is 5.10 Å². The van der Waals surface area contributed by atoms with Gasteiger partial charge < -0.3 is 0 Å². The van der Waals surface area contributed by atoms with E-state index in [-0.39, 0.29) is 0 Å². The number of nitrogens with zero attached hydrogens (tertiary/aromatic N) is 3. The summed E-state index contributed by atoms with van der Waals surface area (Å²) in [5.41, 5.74) is 5.65. The van der Waals surface area contributed by atoms with Crippen LogP contribution in [-0.2, 0) is 0 Å². The van der Waals surface area contributed by atoms with Gasteiger partial charge >= 0.3 is 0 Å². The molecule has 0 spiro atoms. The van der Waals surface area contributed by atoms with E-state index in [0.717, 1.165) is 23.1 Å². The summed E-state index contributed by atoms with van der Waals surface area (Å²) in [6, 6.07) is 14.8. The molecular formula is C17H19N3. The summed E-state index contributed by atoms with van der Waals surface area (Å²) < 4.78 is 1.90. The highest BCUT2D eigenvalue weighted by atomic mass is 15.4. The van der Waals surface area contributed by atoms with Crippen molar-refractivity contribution < 1.29 is 0 Å². The first-order valence-corrected chi connectivity index (χ1v) is 7.11. The molecule has 0 amide bonds. The normalized spacial score (nSPS) is 12.8. The maximum Gasteiger partial charge on any atom is 0.113 e. The van der Waals surface area contributed by atoms with E-state index in [2.05, 4.69) is 73.5 Å². The topological polar surface area (TPSA) is 30.7 Å². The molecule has 3 aromatic rings. The number of aromatic nitrogens is 3. The average Bonchev–Trinajstić information content (AvgIpc) is 2.90.